The number of rotatable bonds is 2. The molecule has 7 heteroatoms. The minimum absolute atomic E-state index is 0.132. The molecule has 0 unspecified atom stereocenters. The zero-order valence-electron chi connectivity index (χ0n) is 15.1. The van der Waals surface area contributed by atoms with Crippen LogP contribution in [0.3, 0.4) is 0 Å². The van der Waals surface area contributed by atoms with Gasteiger partial charge in [0.15, 0.2) is 0 Å². The predicted octanol–water partition coefficient (Wildman–Crippen LogP) is 1.83. The maximum Gasteiger partial charge on any atom is 0.253 e. The van der Waals surface area contributed by atoms with Crippen LogP contribution < -0.4 is 0 Å². The van der Waals surface area contributed by atoms with Crippen LogP contribution in [0.2, 0.25) is 0 Å². The molecule has 0 spiro atoms. The number of benzene rings is 2. The van der Waals surface area contributed by atoms with Gasteiger partial charge in [-0.15, -0.1) is 0 Å². The highest BCUT2D eigenvalue weighted by Gasteiger charge is 2.31. The number of nitrogens with zero attached hydrogens (tertiary/aromatic N) is 2. The molecule has 2 amide bonds. The number of sulfone groups is 1. The Kier molecular flexibility index (Phi) is 4.36. The zero-order chi connectivity index (χ0) is 19.2. The molecule has 3 rings (SSSR count). The summed E-state index contributed by atoms with van der Waals surface area (Å²) in [4.78, 5) is 27.4. The van der Waals surface area contributed by atoms with Crippen LogP contribution in [0.15, 0.2) is 46.2 Å². The van der Waals surface area contributed by atoms with Crippen molar-refractivity contribution in [1.29, 1.82) is 0 Å². The van der Waals surface area contributed by atoms with Gasteiger partial charge in [-0.2, -0.15) is 0 Å². The third-order valence-electron chi connectivity index (χ3n) is 4.40. The van der Waals surface area contributed by atoms with Crippen LogP contribution in [0.25, 0.3) is 0 Å². The Labute approximate surface area is 153 Å². The average Bonchev–Trinajstić information content (AvgIpc) is 2.60. The monoisotopic (exact) mass is 372 g/mol. The third kappa shape index (κ3) is 2.88. The Bertz CT molecular complexity index is 948. The normalized spacial score (nSPS) is 14.2. The van der Waals surface area contributed by atoms with Crippen molar-refractivity contribution in [1.82, 2.24) is 9.80 Å². The molecule has 1 heterocycles. The van der Waals surface area contributed by atoms with Crippen LogP contribution in [-0.4, -0.2) is 58.2 Å². The van der Waals surface area contributed by atoms with Crippen LogP contribution in [-0.2, 0) is 16.3 Å². The van der Waals surface area contributed by atoms with E-state index in [0.717, 1.165) is 0 Å². The number of hydrogen-bond acceptors (Lipinski definition) is 4. The molecule has 2 aromatic carbocycles. The summed E-state index contributed by atoms with van der Waals surface area (Å²) < 4.78 is 26.3. The van der Waals surface area contributed by atoms with Gasteiger partial charge in [0.1, 0.15) is 0 Å². The second kappa shape index (κ2) is 6.25. The van der Waals surface area contributed by atoms with Gasteiger partial charge in [-0.3, -0.25) is 9.59 Å². The summed E-state index contributed by atoms with van der Waals surface area (Å²) in [6.45, 7) is 0. The molecular weight excluding hydrogens is 352 g/mol. The van der Waals surface area contributed by atoms with Crippen LogP contribution in [0.5, 0.6) is 0 Å². The van der Waals surface area contributed by atoms with Gasteiger partial charge in [0.25, 0.3) is 11.8 Å². The van der Waals surface area contributed by atoms with Crippen molar-refractivity contribution in [3.05, 3.63) is 58.7 Å². The summed E-state index contributed by atoms with van der Waals surface area (Å²) in [6, 6.07) is 9.51. The van der Waals surface area contributed by atoms with Crippen molar-refractivity contribution in [3.63, 3.8) is 0 Å². The molecule has 136 valence electrons. The lowest BCUT2D eigenvalue weighted by Crippen LogP contribution is -2.24. The van der Waals surface area contributed by atoms with Crippen molar-refractivity contribution in [2.75, 3.05) is 28.2 Å². The standard InChI is InChI=1S/C19H20N2O4S/c1-20(2)18(22)14-7-5-12-9-13-6-8-15(19(23)21(3)4)11-17(13)26(24,25)16(12)10-14/h5-8,10-11H,9H2,1-4H3. The minimum atomic E-state index is -3.81. The average molecular weight is 372 g/mol. The summed E-state index contributed by atoms with van der Waals surface area (Å²) in [5.41, 5.74) is 1.95. The molecule has 2 aromatic rings. The molecule has 6 nitrogen and oxygen atoms in total. The first-order chi connectivity index (χ1) is 12.1. The van der Waals surface area contributed by atoms with Crippen LogP contribution >= 0.6 is 0 Å². The molecule has 1 aliphatic heterocycles. The number of carbonyl (C=O) groups is 2. The van der Waals surface area contributed by atoms with Gasteiger partial charge in [-0.1, -0.05) is 12.1 Å². The van der Waals surface area contributed by atoms with Gasteiger partial charge < -0.3 is 9.80 Å². The van der Waals surface area contributed by atoms with Gasteiger partial charge in [0.2, 0.25) is 9.84 Å². The van der Waals surface area contributed by atoms with Crippen LogP contribution in [0.4, 0.5) is 0 Å². The van der Waals surface area contributed by atoms with E-state index in [4.69, 9.17) is 0 Å². The van der Waals surface area contributed by atoms with Gasteiger partial charge >= 0.3 is 0 Å². The lowest BCUT2D eigenvalue weighted by Gasteiger charge is -2.22. The lowest BCUT2D eigenvalue weighted by molar-refractivity contribution is 0.0820. The van der Waals surface area contributed by atoms with E-state index in [9.17, 15) is 18.0 Å². The van der Waals surface area contributed by atoms with E-state index in [1.807, 2.05) is 0 Å². The van der Waals surface area contributed by atoms with Crippen LogP contribution in [0.1, 0.15) is 31.8 Å². The van der Waals surface area contributed by atoms with Crippen LogP contribution in [0, 0.1) is 0 Å². The van der Waals surface area contributed by atoms with Gasteiger partial charge in [0.05, 0.1) is 9.79 Å². The zero-order valence-corrected chi connectivity index (χ0v) is 15.9. The number of carbonyl (C=O) groups excluding carboxylic acids is 2. The van der Waals surface area contributed by atoms with Gasteiger partial charge in [-0.05, 0) is 35.4 Å². The second-order valence-electron chi connectivity index (χ2n) is 6.72. The molecule has 0 aromatic heterocycles. The summed E-state index contributed by atoms with van der Waals surface area (Å²) >= 11 is 0. The first kappa shape index (κ1) is 18.1. The van der Waals surface area contributed by atoms with E-state index < -0.39 is 9.84 Å². The molecule has 0 aliphatic carbocycles. The molecule has 0 radical (unpaired) electrons. The molecular formula is C19H20N2O4S. The number of amides is 2. The SMILES string of the molecule is CN(C)C(=O)c1ccc2c(c1)S(=O)(=O)c1cc(C(=O)N(C)C)ccc1C2. The maximum atomic E-state index is 13.1. The predicted molar refractivity (Wildman–Crippen MR) is 97.2 cm³/mol. The summed E-state index contributed by atoms with van der Waals surface area (Å²) in [7, 11) is 2.66. The second-order valence-corrected chi connectivity index (χ2v) is 8.61. The van der Waals surface area contributed by atoms with Crippen molar-refractivity contribution in [2.24, 2.45) is 0 Å². The fraction of sp³-hybridized carbons (Fsp3) is 0.263. The third-order valence-corrected chi connectivity index (χ3v) is 6.32. The van der Waals surface area contributed by atoms with Crippen molar-refractivity contribution < 1.29 is 18.0 Å². The van der Waals surface area contributed by atoms with Crippen molar-refractivity contribution >= 4 is 21.7 Å². The summed E-state index contributed by atoms with van der Waals surface area (Å²) in [5, 5.41) is 0. The molecule has 0 saturated heterocycles. The Hall–Kier alpha value is -2.67. The highest BCUT2D eigenvalue weighted by molar-refractivity contribution is 7.91. The maximum absolute atomic E-state index is 13.1. The topological polar surface area (TPSA) is 74.8 Å². The Morgan fingerprint density at radius 1 is 0.769 bits per heavy atom. The van der Waals surface area contributed by atoms with Gasteiger partial charge in [-0.25, -0.2) is 8.42 Å². The summed E-state index contributed by atoms with van der Waals surface area (Å²) in [6.07, 6.45) is 0.441. The van der Waals surface area contributed by atoms with E-state index in [2.05, 4.69) is 0 Å². The van der Waals surface area contributed by atoms with E-state index in [-0.39, 0.29) is 21.6 Å². The van der Waals surface area contributed by atoms with E-state index in [0.29, 0.717) is 28.7 Å². The molecule has 26 heavy (non-hydrogen) atoms. The molecule has 0 fully saturated rings. The summed E-state index contributed by atoms with van der Waals surface area (Å²) in [5.74, 6) is -0.518. The first-order valence-electron chi connectivity index (χ1n) is 8.07. The molecule has 1 aliphatic rings. The van der Waals surface area contributed by atoms with Crippen molar-refractivity contribution in [2.45, 2.75) is 16.2 Å². The van der Waals surface area contributed by atoms with Gasteiger partial charge in [0, 0.05) is 45.7 Å². The molecule has 0 saturated carbocycles. The fourth-order valence-electron chi connectivity index (χ4n) is 3.01. The minimum Gasteiger partial charge on any atom is -0.345 e. The first-order valence-corrected chi connectivity index (χ1v) is 9.55. The molecule has 0 N–H and O–H groups in total. The quantitative estimate of drug-likeness (QED) is 0.688. The van der Waals surface area contributed by atoms with Crippen molar-refractivity contribution in [3.8, 4) is 0 Å². The highest BCUT2D eigenvalue weighted by atomic mass is 32.2. The molecule has 0 bridgehead atoms. The van der Waals surface area contributed by atoms with E-state index in [1.54, 1.807) is 52.5 Å². The number of hydrogen-bond donors (Lipinski definition) is 0. The Balaban J connectivity index is 2.15. The Morgan fingerprint density at radius 2 is 1.15 bits per heavy atom. The van der Waals surface area contributed by atoms with E-state index >= 15 is 0 Å². The largest absolute Gasteiger partial charge is 0.345 e. The highest BCUT2D eigenvalue weighted by Crippen LogP contribution is 2.35. The lowest BCUT2D eigenvalue weighted by atomic mass is 10.0. The number of fused-ring (bicyclic) bond motifs is 2. The molecule has 0 atom stereocenters. The Morgan fingerprint density at radius 3 is 1.50 bits per heavy atom. The smallest absolute Gasteiger partial charge is 0.253 e. The fourth-order valence-corrected chi connectivity index (χ4v) is 4.78. The van der Waals surface area contributed by atoms with E-state index in [1.165, 1.54) is 21.9 Å².